The fourth-order valence-electron chi connectivity index (χ4n) is 2.44. The molecular formula is C17H13BrFN3O2. The van der Waals surface area contributed by atoms with Crippen LogP contribution in [0.25, 0.3) is 10.8 Å². The van der Waals surface area contributed by atoms with Crippen LogP contribution in [0, 0.1) is 5.82 Å². The van der Waals surface area contributed by atoms with Gasteiger partial charge in [0.15, 0.2) is 0 Å². The number of hydrogen-bond donors (Lipinski definition) is 1. The molecule has 0 saturated carbocycles. The summed E-state index contributed by atoms with van der Waals surface area (Å²) in [5, 5.41) is 8.06. The van der Waals surface area contributed by atoms with Gasteiger partial charge in [-0.25, -0.2) is 9.07 Å². The van der Waals surface area contributed by atoms with Crippen LogP contribution in [0.15, 0.2) is 51.7 Å². The second-order valence-electron chi connectivity index (χ2n) is 5.27. The summed E-state index contributed by atoms with van der Waals surface area (Å²) >= 11 is 3.21. The van der Waals surface area contributed by atoms with Crippen molar-refractivity contribution in [1.82, 2.24) is 9.78 Å². The van der Waals surface area contributed by atoms with E-state index in [-0.39, 0.29) is 17.9 Å². The molecule has 1 amide bonds. The average molecular weight is 390 g/mol. The molecule has 1 heterocycles. The number of rotatable bonds is 3. The number of nitrogens with zero attached hydrogens (tertiary/aromatic N) is 2. The largest absolute Gasteiger partial charge is 0.325 e. The van der Waals surface area contributed by atoms with E-state index < -0.39 is 5.82 Å². The molecule has 122 valence electrons. The molecule has 3 rings (SSSR count). The Labute approximate surface area is 145 Å². The summed E-state index contributed by atoms with van der Waals surface area (Å²) in [5.41, 5.74) is 0.759. The topological polar surface area (TPSA) is 64.0 Å². The lowest BCUT2D eigenvalue weighted by Crippen LogP contribution is -2.24. The number of carbonyl (C=O) groups is 1. The van der Waals surface area contributed by atoms with Crippen LogP contribution in [0.3, 0.4) is 0 Å². The minimum atomic E-state index is -0.398. The Bertz CT molecular complexity index is 1000. The number of hydrogen-bond acceptors (Lipinski definition) is 3. The maximum absolute atomic E-state index is 13.1. The summed E-state index contributed by atoms with van der Waals surface area (Å²) in [6.45, 7) is 0. The SMILES string of the molecule is Cn1nc(CC(=O)Nc2ccc(F)cc2Br)c2ccccc2c1=O. The Morgan fingerprint density at radius 2 is 1.96 bits per heavy atom. The van der Waals surface area contributed by atoms with Gasteiger partial charge in [0.05, 0.1) is 23.2 Å². The smallest absolute Gasteiger partial charge is 0.274 e. The van der Waals surface area contributed by atoms with Gasteiger partial charge in [0, 0.05) is 16.9 Å². The van der Waals surface area contributed by atoms with Gasteiger partial charge in [0.25, 0.3) is 5.56 Å². The van der Waals surface area contributed by atoms with Crippen molar-refractivity contribution >= 4 is 38.3 Å². The quantitative estimate of drug-likeness (QED) is 0.748. The summed E-state index contributed by atoms with van der Waals surface area (Å²) in [7, 11) is 1.55. The average Bonchev–Trinajstić information content (AvgIpc) is 2.55. The first-order chi connectivity index (χ1) is 11.5. The highest BCUT2D eigenvalue weighted by molar-refractivity contribution is 9.10. The van der Waals surface area contributed by atoms with Crippen molar-refractivity contribution in [3.05, 3.63) is 68.8 Å². The van der Waals surface area contributed by atoms with Gasteiger partial charge in [0.2, 0.25) is 5.91 Å². The lowest BCUT2D eigenvalue weighted by Gasteiger charge is -2.10. The predicted octanol–water partition coefficient (Wildman–Crippen LogP) is 3.02. The predicted molar refractivity (Wildman–Crippen MR) is 93.4 cm³/mol. The van der Waals surface area contributed by atoms with Crippen LogP contribution in [0.2, 0.25) is 0 Å². The lowest BCUT2D eigenvalue weighted by atomic mass is 10.1. The number of aryl methyl sites for hydroxylation is 1. The summed E-state index contributed by atoms with van der Waals surface area (Å²) in [6.07, 6.45) is -0.00154. The second-order valence-corrected chi connectivity index (χ2v) is 6.12. The van der Waals surface area contributed by atoms with E-state index >= 15 is 0 Å². The molecule has 0 bridgehead atoms. The standard InChI is InChI=1S/C17H13BrFN3O2/c1-22-17(24)12-5-3-2-4-11(12)15(21-22)9-16(23)20-14-7-6-10(19)8-13(14)18/h2-8H,9H2,1H3,(H,20,23). The van der Waals surface area contributed by atoms with Crippen molar-refractivity contribution in [1.29, 1.82) is 0 Å². The molecule has 0 radical (unpaired) electrons. The van der Waals surface area contributed by atoms with E-state index in [9.17, 15) is 14.0 Å². The molecule has 0 aliphatic heterocycles. The van der Waals surface area contributed by atoms with E-state index in [1.165, 1.54) is 22.9 Å². The van der Waals surface area contributed by atoms with Gasteiger partial charge in [-0.1, -0.05) is 18.2 Å². The third-order valence-corrected chi connectivity index (χ3v) is 4.22. The van der Waals surface area contributed by atoms with E-state index in [0.29, 0.717) is 26.6 Å². The maximum atomic E-state index is 13.1. The molecule has 1 N–H and O–H groups in total. The molecular weight excluding hydrogens is 377 g/mol. The molecule has 5 nitrogen and oxygen atoms in total. The van der Waals surface area contributed by atoms with Crippen molar-refractivity contribution in [3.63, 3.8) is 0 Å². The molecule has 7 heteroatoms. The minimum absolute atomic E-state index is 0.00154. The summed E-state index contributed by atoms with van der Waals surface area (Å²) in [4.78, 5) is 24.4. The molecule has 2 aromatic carbocycles. The monoisotopic (exact) mass is 389 g/mol. The maximum Gasteiger partial charge on any atom is 0.274 e. The van der Waals surface area contributed by atoms with Gasteiger partial charge in [-0.2, -0.15) is 5.10 Å². The number of anilines is 1. The van der Waals surface area contributed by atoms with Crippen LogP contribution in [0.5, 0.6) is 0 Å². The fourth-order valence-corrected chi connectivity index (χ4v) is 2.89. The Kier molecular flexibility index (Phi) is 4.44. The number of aromatic nitrogens is 2. The number of fused-ring (bicyclic) bond motifs is 1. The molecule has 0 unspecified atom stereocenters. The van der Waals surface area contributed by atoms with Gasteiger partial charge in [-0.15, -0.1) is 0 Å². The van der Waals surface area contributed by atoms with Gasteiger partial charge < -0.3 is 5.32 Å². The highest BCUT2D eigenvalue weighted by Crippen LogP contribution is 2.23. The van der Waals surface area contributed by atoms with E-state index in [1.807, 2.05) is 0 Å². The zero-order valence-corrected chi connectivity index (χ0v) is 14.3. The van der Waals surface area contributed by atoms with Crippen molar-refractivity contribution in [2.75, 3.05) is 5.32 Å². The molecule has 0 saturated heterocycles. The highest BCUT2D eigenvalue weighted by atomic mass is 79.9. The van der Waals surface area contributed by atoms with E-state index in [4.69, 9.17) is 0 Å². The van der Waals surface area contributed by atoms with Gasteiger partial charge in [-0.3, -0.25) is 9.59 Å². The van der Waals surface area contributed by atoms with Gasteiger partial charge >= 0.3 is 0 Å². The van der Waals surface area contributed by atoms with Crippen LogP contribution >= 0.6 is 15.9 Å². The summed E-state index contributed by atoms with van der Waals surface area (Å²) in [6, 6.07) is 11.0. The van der Waals surface area contributed by atoms with E-state index in [1.54, 1.807) is 31.3 Å². The molecule has 0 spiro atoms. The van der Waals surface area contributed by atoms with Gasteiger partial charge in [0.1, 0.15) is 5.82 Å². The Balaban J connectivity index is 1.91. The van der Waals surface area contributed by atoms with Crippen LogP contribution in [-0.4, -0.2) is 15.7 Å². The molecule has 0 aliphatic carbocycles. The highest BCUT2D eigenvalue weighted by Gasteiger charge is 2.13. The molecule has 0 aliphatic rings. The number of nitrogens with one attached hydrogen (secondary N) is 1. The van der Waals surface area contributed by atoms with Crippen molar-refractivity contribution in [2.45, 2.75) is 6.42 Å². The third kappa shape index (κ3) is 3.21. The van der Waals surface area contributed by atoms with Crippen LogP contribution in [-0.2, 0) is 18.3 Å². The molecule has 1 aromatic heterocycles. The number of halogens is 2. The Hall–Kier alpha value is -2.54. The molecule has 24 heavy (non-hydrogen) atoms. The third-order valence-electron chi connectivity index (χ3n) is 3.57. The van der Waals surface area contributed by atoms with Crippen LogP contribution < -0.4 is 10.9 Å². The summed E-state index contributed by atoms with van der Waals surface area (Å²) in [5.74, 6) is -0.704. The number of carbonyl (C=O) groups excluding carboxylic acids is 1. The lowest BCUT2D eigenvalue weighted by molar-refractivity contribution is -0.115. The van der Waals surface area contributed by atoms with Crippen LogP contribution in [0.1, 0.15) is 5.69 Å². The number of amides is 1. The number of benzene rings is 2. The van der Waals surface area contributed by atoms with Crippen molar-refractivity contribution in [3.8, 4) is 0 Å². The minimum Gasteiger partial charge on any atom is -0.325 e. The van der Waals surface area contributed by atoms with E-state index in [0.717, 1.165) is 0 Å². The first-order valence-corrected chi connectivity index (χ1v) is 7.95. The Morgan fingerprint density at radius 3 is 2.67 bits per heavy atom. The summed E-state index contributed by atoms with van der Waals surface area (Å²) < 4.78 is 14.8. The zero-order chi connectivity index (χ0) is 17.3. The normalized spacial score (nSPS) is 10.8. The fraction of sp³-hybridized carbons (Fsp3) is 0.118. The second kappa shape index (κ2) is 6.52. The first kappa shape index (κ1) is 16.3. The molecule has 0 atom stereocenters. The van der Waals surface area contributed by atoms with Crippen LogP contribution in [0.4, 0.5) is 10.1 Å². The first-order valence-electron chi connectivity index (χ1n) is 7.15. The molecule has 0 fully saturated rings. The zero-order valence-electron chi connectivity index (χ0n) is 12.7. The molecule has 3 aromatic rings. The van der Waals surface area contributed by atoms with Crippen molar-refractivity contribution < 1.29 is 9.18 Å². The van der Waals surface area contributed by atoms with Gasteiger partial charge in [-0.05, 0) is 40.2 Å². The Morgan fingerprint density at radius 1 is 1.25 bits per heavy atom. The van der Waals surface area contributed by atoms with Crippen molar-refractivity contribution in [2.24, 2.45) is 7.05 Å². The van der Waals surface area contributed by atoms with E-state index in [2.05, 4.69) is 26.3 Å².